The van der Waals surface area contributed by atoms with Gasteiger partial charge in [0.05, 0.1) is 19.1 Å². The highest BCUT2D eigenvalue weighted by atomic mass is 32.2. The summed E-state index contributed by atoms with van der Waals surface area (Å²) >= 11 is 1.50. The van der Waals surface area contributed by atoms with Crippen LogP contribution in [-0.4, -0.2) is 72.8 Å². The number of hydrogen-bond acceptors (Lipinski definition) is 7. The SMILES string of the molecule is CSCCC(NC(=O)C(Cc1ccccc1)NC(=O)CNC(=O)CNC(=O)C(N)Cc1ccc(F)cc1)C(N)=O. The molecule has 40 heavy (non-hydrogen) atoms. The van der Waals surface area contributed by atoms with E-state index < -0.39 is 66.6 Å². The first-order chi connectivity index (χ1) is 19.1. The summed E-state index contributed by atoms with van der Waals surface area (Å²) in [4.78, 5) is 61.7. The lowest BCUT2D eigenvalue weighted by Crippen LogP contribution is -2.55. The van der Waals surface area contributed by atoms with Crippen LogP contribution in [0.15, 0.2) is 54.6 Å². The lowest BCUT2D eigenvalue weighted by molar-refractivity contribution is -0.131. The smallest absolute Gasteiger partial charge is 0.243 e. The van der Waals surface area contributed by atoms with Gasteiger partial charge < -0.3 is 32.7 Å². The molecule has 0 aliphatic rings. The maximum Gasteiger partial charge on any atom is 0.243 e. The fourth-order valence-electron chi connectivity index (χ4n) is 3.60. The standard InChI is InChI=1S/C27H35FN6O5S/c1-40-12-11-21(25(30)37)34-27(39)22(14-17-5-3-2-4-6-17)33-24(36)16-31-23(35)15-32-26(38)20(29)13-18-7-9-19(28)10-8-18/h2-10,20-22H,11-16,29H2,1H3,(H2,30,37)(H,31,35)(H,32,38)(H,33,36)(H,34,39). The number of thioether (sulfide) groups is 1. The molecule has 0 saturated carbocycles. The first-order valence-electron chi connectivity index (χ1n) is 12.6. The van der Waals surface area contributed by atoms with Gasteiger partial charge in [0.1, 0.15) is 17.9 Å². The first kappa shape index (κ1) is 32.2. The van der Waals surface area contributed by atoms with Gasteiger partial charge in [-0.25, -0.2) is 4.39 Å². The molecule has 3 unspecified atom stereocenters. The number of benzene rings is 2. The molecule has 0 heterocycles. The van der Waals surface area contributed by atoms with Crippen molar-refractivity contribution in [2.75, 3.05) is 25.1 Å². The second-order valence-corrected chi connectivity index (χ2v) is 9.97. The maximum absolute atomic E-state index is 13.0. The van der Waals surface area contributed by atoms with Gasteiger partial charge in [0.2, 0.25) is 29.5 Å². The second-order valence-electron chi connectivity index (χ2n) is 8.99. The lowest BCUT2D eigenvalue weighted by Gasteiger charge is -2.22. The van der Waals surface area contributed by atoms with Crippen molar-refractivity contribution in [2.45, 2.75) is 37.4 Å². The van der Waals surface area contributed by atoms with Gasteiger partial charge in [-0.05, 0) is 48.1 Å². The molecule has 3 atom stereocenters. The van der Waals surface area contributed by atoms with Crippen LogP contribution in [0.25, 0.3) is 0 Å². The number of nitrogens with one attached hydrogen (secondary N) is 4. The molecule has 2 aromatic rings. The average Bonchev–Trinajstić information content (AvgIpc) is 2.93. The van der Waals surface area contributed by atoms with E-state index in [0.717, 1.165) is 5.56 Å². The highest BCUT2D eigenvalue weighted by Gasteiger charge is 2.26. The van der Waals surface area contributed by atoms with E-state index in [1.54, 1.807) is 24.3 Å². The van der Waals surface area contributed by atoms with Crippen molar-refractivity contribution >= 4 is 41.3 Å². The molecular formula is C27H35FN6O5S. The molecule has 0 aromatic heterocycles. The van der Waals surface area contributed by atoms with E-state index in [0.29, 0.717) is 17.7 Å². The largest absolute Gasteiger partial charge is 0.368 e. The van der Waals surface area contributed by atoms with Gasteiger partial charge >= 0.3 is 0 Å². The van der Waals surface area contributed by atoms with Crippen LogP contribution in [0.3, 0.4) is 0 Å². The molecule has 8 N–H and O–H groups in total. The van der Waals surface area contributed by atoms with E-state index in [1.807, 2.05) is 12.3 Å². The van der Waals surface area contributed by atoms with Crippen LogP contribution < -0.4 is 32.7 Å². The summed E-state index contributed by atoms with van der Waals surface area (Å²) in [6.45, 7) is -0.881. The van der Waals surface area contributed by atoms with E-state index in [4.69, 9.17) is 11.5 Å². The Balaban J connectivity index is 1.88. The van der Waals surface area contributed by atoms with Gasteiger partial charge in [-0.3, -0.25) is 24.0 Å². The zero-order valence-corrected chi connectivity index (χ0v) is 23.0. The number of nitrogens with two attached hydrogens (primary N) is 2. The van der Waals surface area contributed by atoms with Crippen molar-refractivity contribution in [1.29, 1.82) is 0 Å². The second kappa shape index (κ2) is 16.9. The van der Waals surface area contributed by atoms with Crippen molar-refractivity contribution in [1.82, 2.24) is 21.3 Å². The Hall–Kier alpha value is -3.97. The topological polar surface area (TPSA) is 186 Å². The molecule has 0 bridgehead atoms. The summed E-state index contributed by atoms with van der Waals surface area (Å²) in [7, 11) is 0. The Morgan fingerprint density at radius 2 is 1.43 bits per heavy atom. The van der Waals surface area contributed by atoms with Gasteiger partial charge in [-0.1, -0.05) is 42.5 Å². The van der Waals surface area contributed by atoms with Crippen LogP contribution in [0.2, 0.25) is 0 Å². The summed E-state index contributed by atoms with van der Waals surface area (Å²) in [6.07, 6.45) is 2.49. The van der Waals surface area contributed by atoms with Crippen LogP contribution in [0.5, 0.6) is 0 Å². The minimum Gasteiger partial charge on any atom is -0.368 e. The Bertz CT molecular complexity index is 1150. The van der Waals surface area contributed by atoms with Crippen molar-refractivity contribution in [3.8, 4) is 0 Å². The fraction of sp³-hybridized carbons (Fsp3) is 0.370. The van der Waals surface area contributed by atoms with E-state index in [1.165, 1.54) is 36.0 Å². The third kappa shape index (κ3) is 11.8. The summed E-state index contributed by atoms with van der Waals surface area (Å²) in [6, 6.07) is 11.6. The van der Waals surface area contributed by atoms with Gasteiger partial charge in [0.25, 0.3) is 0 Å². The molecule has 2 rings (SSSR count). The molecule has 0 saturated heterocycles. The van der Waals surface area contributed by atoms with Crippen LogP contribution in [0.1, 0.15) is 17.5 Å². The van der Waals surface area contributed by atoms with Crippen LogP contribution in [-0.2, 0) is 36.8 Å². The van der Waals surface area contributed by atoms with E-state index in [9.17, 15) is 28.4 Å². The zero-order chi connectivity index (χ0) is 29.5. The monoisotopic (exact) mass is 574 g/mol. The molecule has 0 spiro atoms. The minimum atomic E-state index is -1.04. The summed E-state index contributed by atoms with van der Waals surface area (Å²) in [5, 5.41) is 9.93. The Morgan fingerprint density at radius 1 is 0.800 bits per heavy atom. The molecule has 0 aliphatic carbocycles. The molecule has 5 amide bonds. The molecule has 0 aliphatic heterocycles. The normalized spacial score (nSPS) is 12.9. The van der Waals surface area contributed by atoms with Gasteiger partial charge in [0, 0.05) is 6.42 Å². The zero-order valence-electron chi connectivity index (χ0n) is 22.2. The van der Waals surface area contributed by atoms with E-state index >= 15 is 0 Å². The van der Waals surface area contributed by atoms with Crippen LogP contribution in [0.4, 0.5) is 4.39 Å². The van der Waals surface area contributed by atoms with Crippen LogP contribution >= 0.6 is 11.8 Å². The van der Waals surface area contributed by atoms with Gasteiger partial charge in [-0.15, -0.1) is 0 Å². The number of rotatable bonds is 16. The molecule has 2 aromatic carbocycles. The number of primary amides is 1. The third-order valence-electron chi connectivity index (χ3n) is 5.78. The Kier molecular flexibility index (Phi) is 13.6. The van der Waals surface area contributed by atoms with Crippen molar-refractivity contribution in [3.05, 3.63) is 71.5 Å². The number of carbonyl (C=O) groups is 5. The number of hydrogen-bond donors (Lipinski definition) is 6. The highest BCUT2D eigenvalue weighted by Crippen LogP contribution is 2.07. The maximum atomic E-state index is 13.0. The van der Waals surface area contributed by atoms with Crippen LogP contribution in [0, 0.1) is 5.82 Å². The summed E-state index contributed by atoms with van der Waals surface area (Å²) in [5.74, 6) is -2.96. The predicted molar refractivity (Wildman–Crippen MR) is 150 cm³/mol. The van der Waals surface area contributed by atoms with E-state index in [2.05, 4.69) is 21.3 Å². The van der Waals surface area contributed by atoms with Gasteiger partial charge in [-0.2, -0.15) is 11.8 Å². The van der Waals surface area contributed by atoms with E-state index in [-0.39, 0.29) is 12.8 Å². The third-order valence-corrected chi connectivity index (χ3v) is 6.42. The summed E-state index contributed by atoms with van der Waals surface area (Å²) < 4.78 is 13.0. The number of halogens is 1. The van der Waals surface area contributed by atoms with Gasteiger partial charge in [0.15, 0.2) is 0 Å². The fourth-order valence-corrected chi connectivity index (χ4v) is 4.08. The highest BCUT2D eigenvalue weighted by molar-refractivity contribution is 7.98. The van der Waals surface area contributed by atoms with Crippen molar-refractivity contribution in [3.63, 3.8) is 0 Å². The molecular weight excluding hydrogens is 539 g/mol. The first-order valence-corrected chi connectivity index (χ1v) is 13.9. The quantitative estimate of drug-likeness (QED) is 0.154. The Morgan fingerprint density at radius 3 is 2.05 bits per heavy atom. The molecule has 11 nitrogen and oxygen atoms in total. The predicted octanol–water partition coefficient (Wildman–Crippen LogP) is -0.621. The minimum absolute atomic E-state index is 0.141. The lowest BCUT2D eigenvalue weighted by atomic mass is 10.0. The number of carbonyl (C=O) groups excluding carboxylic acids is 5. The number of amides is 5. The Labute approximate surface area is 236 Å². The molecule has 216 valence electrons. The average molecular weight is 575 g/mol. The molecule has 0 radical (unpaired) electrons. The summed E-state index contributed by atoms with van der Waals surface area (Å²) in [5.41, 5.74) is 12.7. The molecule has 13 heteroatoms. The van der Waals surface area contributed by atoms with Crippen molar-refractivity contribution < 1.29 is 28.4 Å². The van der Waals surface area contributed by atoms with Crippen molar-refractivity contribution in [2.24, 2.45) is 11.5 Å². The molecule has 0 fully saturated rings.